The first-order valence-corrected chi connectivity index (χ1v) is 10.2. The van der Waals surface area contributed by atoms with E-state index in [1.165, 1.54) is 11.1 Å². The number of amides is 1. The van der Waals surface area contributed by atoms with Gasteiger partial charge in [-0.2, -0.15) is 5.10 Å². The Kier molecular flexibility index (Phi) is 5.76. The normalized spacial score (nSPS) is 18.7. The number of benzene rings is 2. The van der Waals surface area contributed by atoms with Crippen molar-refractivity contribution in [1.82, 2.24) is 20.0 Å². The van der Waals surface area contributed by atoms with Gasteiger partial charge >= 0.3 is 0 Å². The average molecular weight is 389 g/mol. The van der Waals surface area contributed by atoms with Crippen LogP contribution in [0.2, 0.25) is 0 Å². The van der Waals surface area contributed by atoms with Gasteiger partial charge in [0.1, 0.15) is 0 Å². The van der Waals surface area contributed by atoms with Crippen LogP contribution in [0.4, 0.5) is 0 Å². The minimum absolute atomic E-state index is 0.0769. The first kappa shape index (κ1) is 19.4. The molecule has 150 valence electrons. The first-order valence-electron chi connectivity index (χ1n) is 10.2. The van der Waals surface area contributed by atoms with Gasteiger partial charge in [-0.1, -0.05) is 54.6 Å². The molecule has 0 unspecified atom stereocenters. The van der Waals surface area contributed by atoms with Crippen molar-refractivity contribution in [2.75, 3.05) is 13.1 Å². The number of hydrogen-bond acceptors (Lipinski definition) is 3. The van der Waals surface area contributed by atoms with Gasteiger partial charge in [0.25, 0.3) is 0 Å². The van der Waals surface area contributed by atoms with Crippen LogP contribution in [0.3, 0.4) is 0 Å². The van der Waals surface area contributed by atoms with Crippen molar-refractivity contribution < 1.29 is 4.79 Å². The molecule has 5 nitrogen and oxygen atoms in total. The molecular formula is C24H28N4O. The summed E-state index contributed by atoms with van der Waals surface area (Å²) in [5.74, 6) is 0.286. The van der Waals surface area contributed by atoms with Crippen LogP contribution in [0.1, 0.15) is 28.2 Å². The van der Waals surface area contributed by atoms with Gasteiger partial charge in [-0.3, -0.25) is 9.48 Å². The fourth-order valence-corrected chi connectivity index (χ4v) is 4.16. The number of carbonyl (C=O) groups excluding carboxylic acids is 1. The summed E-state index contributed by atoms with van der Waals surface area (Å²) in [5, 5.41) is 7.73. The number of nitrogens with one attached hydrogen (secondary N) is 1. The highest BCUT2D eigenvalue weighted by molar-refractivity contribution is 5.80. The molecule has 2 aromatic carbocycles. The molecule has 29 heavy (non-hydrogen) atoms. The average Bonchev–Trinajstić information content (AvgIpc) is 3.38. The molecule has 5 heteroatoms. The van der Waals surface area contributed by atoms with Crippen molar-refractivity contribution >= 4 is 5.91 Å². The van der Waals surface area contributed by atoms with E-state index in [1.54, 1.807) is 0 Å². The molecule has 1 amide bonds. The Morgan fingerprint density at radius 3 is 2.59 bits per heavy atom. The van der Waals surface area contributed by atoms with Crippen molar-refractivity contribution in [2.45, 2.75) is 25.9 Å². The third-order valence-corrected chi connectivity index (χ3v) is 5.83. The van der Waals surface area contributed by atoms with E-state index < -0.39 is 0 Å². The van der Waals surface area contributed by atoms with Gasteiger partial charge in [0.2, 0.25) is 5.91 Å². The summed E-state index contributed by atoms with van der Waals surface area (Å²) in [7, 11) is 1.92. The van der Waals surface area contributed by atoms with Crippen LogP contribution >= 0.6 is 0 Å². The maximum Gasteiger partial charge on any atom is 0.228 e. The van der Waals surface area contributed by atoms with Crippen LogP contribution in [0.15, 0.2) is 67.0 Å². The predicted octanol–water partition coefficient (Wildman–Crippen LogP) is 3.26. The smallest absolute Gasteiger partial charge is 0.228 e. The Morgan fingerprint density at radius 2 is 1.86 bits per heavy atom. The zero-order valence-corrected chi connectivity index (χ0v) is 17.1. The van der Waals surface area contributed by atoms with Crippen LogP contribution in [-0.4, -0.2) is 33.7 Å². The van der Waals surface area contributed by atoms with E-state index >= 15 is 0 Å². The predicted molar refractivity (Wildman–Crippen MR) is 114 cm³/mol. The molecule has 0 radical (unpaired) electrons. The van der Waals surface area contributed by atoms with E-state index in [2.05, 4.69) is 41.6 Å². The van der Waals surface area contributed by atoms with Gasteiger partial charge in [-0.25, -0.2) is 0 Å². The quantitative estimate of drug-likeness (QED) is 0.705. The molecule has 1 aliphatic heterocycles. The third kappa shape index (κ3) is 4.40. The van der Waals surface area contributed by atoms with E-state index in [0.717, 1.165) is 17.7 Å². The maximum atomic E-state index is 13.7. The number of carbonyl (C=O) groups is 1. The van der Waals surface area contributed by atoms with E-state index in [0.29, 0.717) is 19.6 Å². The second-order valence-corrected chi connectivity index (χ2v) is 7.92. The fraction of sp³-hybridized carbons (Fsp3) is 0.333. The van der Waals surface area contributed by atoms with Crippen molar-refractivity contribution in [3.05, 3.63) is 89.2 Å². The SMILES string of the molecule is Cc1ccccc1CN(Cc1ccccc1)C(=O)[C@H]1CNC[C@@H]1c1cnn(C)c1. The fourth-order valence-electron chi connectivity index (χ4n) is 4.16. The second kappa shape index (κ2) is 8.62. The van der Waals surface area contributed by atoms with E-state index in [1.807, 2.05) is 59.4 Å². The number of hydrogen-bond donors (Lipinski definition) is 1. The lowest BCUT2D eigenvalue weighted by Gasteiger charge is -2.28. The van der Waals surface area contributed by atoms with Crippen molar-refractivity contribution in [2.24, 2.45) is 13.0 Å². The lowest BCUT2D eigenvalue weighted by molar-refractivity contribution is -0.136. The highest BCUT2D eigenvalue weighted by Gasteiger charge is 2.37. The summed E-state index contributed by atoms with van der Waals surface area (Å²) in [4.78, 5) is 15.7. The molecule has 0 aliphatic carbocycles. The van der Waals surface area contributed by atoms with Gasteiger partial charge in [0.05, 0.1) is 12.1 Å². The molecule has 1 saturated heterocycles. The van der Waals surface area contributed by atoms with Crippen molar-refractivity contribution in [1.29, 1.82) is 0 Å². The Morgan fingerprint density at radius 1 is 1.10 bits per heavy atom. The molecule has 0 bridgehead atoms. The van der Waals surface area contributed by atoms with Crippen molar-refractivity contribution in [3.8, 4) is 0 Å². The minimum Gasteiger partial charge on any atom is -0.334 e. The molecule has 2 heterocycles. The number of rotatable bonds is 6. The van der Waals surface area contributed by atoms with Crippen LogP contribution in [0.5, 0.6) is 0 Å². The van der Waals surface area contributed by atoms with Crippen LogP contribution in [-0.2, 0) is 24.9 Å². The molecular weight excluding hydrogens is 360 g/mol. The van der Waals surface area contributed by atoms with Gasteiger partial charge < -0.3 is 10.2 Å². The zero-order valence-electron chi connectivity index (χ0n) is 17.1. The van der Waals surface area contributed by atoms with Gasteiger partial charge in [0, 0.05) is 45.3 Å². The summed E-state index contributed by atoms with van der Waals surface area (Å²) >= 11 is 0. The van der Waals surface area contributed by atoms with Crippen molar-refractivity contribution in [3.63, 3.8) is 0 Å². The van der Waals surface area contributed by atoms with Gasteiger partial charge in [-0.15, -0.1) is 0 Å². The molecule has 1 N–H and O–H groups in total. The topological polar surface area (TPSA) is 50.2 Å². The highest BCUT2D eigenvalue weighted by Crippen LogP contribution is 2.30. The van der Waals surface area contributed by atoms with E-state index in [4.69, 9.17) is 0 Å². The van der Waals surface area contributed by atoms with Crippen LogP contribution in [0.25, 0.3) is 0 Å². The molecule has 1 aromatic heterocycles. The Labute approximate surface area is 172 Å². The summed E-state index contributed by atoms with van der Waals surface area (Å²) in [6.07, 6.45) is 3.92. The molecule has 1 aliphatic rings. The lowest BCUT2D eigenvalue weighted by Crippen LogP contribution is -2.38. The third-order valence-electron chi connectivity index (χ3n) is 5.83. The number of nitrogens with zero attached hydrogens (tertiary/aromatic N) is 3. The zero-order chi connectivity index (χ0) is 20.2. The molecule has 4 rings (SSSR count). The highest BCUT2D eigenvalue weighted by atomic mass is 16.2. The van der Waals surface area contributed by atoms with Gasteiger partial charge in [0.15, 0.2) is 0 Å². The Balaban J connectivity index is 1.60. The summed E-state index contributed by atoms with van der Waals surface area (Å²) in [6, 6.07) is 18.6. The lowest BCUT2D eigenvalue weighted by atomic mass is 9.89. The Bertz CT molecular complexity index is 966. The van der Waals surface area contributed by atoms with Crippen LogP contribution < -0.4 is 5.32 Å². The number of aromatic nitrogens is 2. The Hall–Kier alpha value is -2.92. The maximum absolute atomic E-state index is 13.7. The summed E-state index contributed by atoms with van der Waals surface area (Å²) < 4.78 is 1.81. The molecule has 2 atom stereocenters. The second-order valence-electron chi connectivity index (χ2n) is 7.92. The van der Waals surface area contributed by atoms with Gasteiger partial charge in [-0.05, 0) is 29.2 Å². The van der Waals surface area contributed by atoms with E-state index in [9.17, 15) is 4.79 Å². The monoisotopic (exact) mass is 388 g/mol. The molecule has 3 aromatic rings. The minimum atomic E-state index is -0.0769. The number of aryl methyl sites for hydroxylation is 2. The van der Waals surface area contributed by atoms with Crippen LogP contribution in [0, 0.1) is 12.8 Å². The largest absolute Gasteiger partial charge is 0.334 e. The summed E-state index contributed by atoms with van der Waals surface area (Å²) in [6.45, 7) is 4.86. The molecule has 0 spiro atoms. The van der Waals surface area contributed by atoms with E-state index in [-0.39, 0.29) is 17.7 Å². The first-order chi connectivity index (χ1) is 14.1. The molecule has 0 saturated carbocycles. The standard InChI is InChI=1S/C24H28N4O/c1-18-8-6-7-11-20(18)17-28(15-19-9-4-3-5-10-19)24(29)23-14-25-13-22(23)21-12-26-27(2)16-21/h3-12,16,22-23,25H,13-15,17H2,1-2H3/t22-,23+/m1/s1. The summed E-state index contributed by atoms with van der Waals surface area (Å²) in [5.41, 5.74) is 4.69. The molecule has 1 fully saturated rings.